The Morgan fingerprint density at radius 3 is 2.50 bits per heavy atom. The Morgan fingerprint density at radius 2 is 1.96 bits per heavy atom. The number of carboxylic acid groups (broad SMARTS) is 1. The monoisotopic (exact) mass is 336 g/mol. The fourth-order valence-electron chi connectivity index (χ4n) is 2.36. The molecular formula is C17H24N2O5. The van der Waals surface area contributed by atoms with Gasteiger partial charge in [0.2, 0.25) is 12.3 Å². The summed E-state index contributed by atoms with van der Waals surface area (Å²) in [5.74, 6) is -2.26. The van der Waals surface area contributed by atoms with Crippen molar-refractivity contribution in [2.45, 2.75) is 38.6 Å². The summed E-state index contributed by atoms with van der Waals surface area (Å²) in [4.78, 5) is 34.4. The zero-order chi connectivity index (χ0) is 17.9. The first-order valence-corrected chi connectivity index (χ1v) is 7.95. The van der Waals surface area contributed by atoms with Gasteiger partial charge in [-0.25, -0.2) is 9.86 Å². The third-order valence-electron chi connectivity index (χ3n) is 3.70. The minimum absolute atomic E-state index is 0.160. The number of aliphatic carboxylic acids is 1. The number of hydroxylamine groups is 2. The van der Waals surface area contributed by atoms with Gasteiger partial charge in [-0.1, -0.05) is 50.1 Å². The van der Waals surface area contributed by atoms with Crippen molar-refractivity contribution in [2.75, 3.05) is 6.54 Å². The lowest BCUT2D eigenvalue weighted by Gasteiger charge is -2.22. The Morgan fingerprint density at radius 1 is 1.29 bits per heavy atom. The number of unbranched alkanes of at least 4 members (excludes halogenated alkanes) is 1. The lowest BCUT2D eigenvalue weighted by molar-refractivity contribution is -0.155. The predicted octanol–water partition coefficient (Wildman–Crippen LogP) is 1.45. The van der Waals surface area contributed by atoms with E-state index in [1.54, 1.807) is 24.3 Å². The van der Waals surface area contributed by atoms with Gasteiger partial charge in [0, 0.05) is 6.42 Å². The van der Waals surface area contributed by atoms with Crippen molar-refractivity contribution < 1.29 is 24.7 Å². The van der Waals surface area contributed by atoms with Crippen LogP contribution < -0.4 is 5.32 Å². The van der Waals surface area contributed by atoms with Gasteiger partial charge < -0.3 is 10.4 Å². The largest absolute Gasteiger partial charge is 0.480 e. The summed E-state index contributed by atoms with van der Waals surface area (Å²) in [6, 6.07) is 7.94. The molecule has 0 aliphatic rings. The van der Waals surface area contributed by atoms with E-state index in [1.165, 1.54) is 0 Å². The molecule has 0 aromatic heterocycles. The van der Waals surface area contributed by atoms with E-state index in [2.05, 4.69) is 5.32 Å². The molecule has 0 saturated carbocycles. The minimum atomic E-state index is -1.13. The van der Waals surface area contributed by atoms with Crippen molar-refractivity contribution in [1.29, 1.82) is 0 Å². The molecule has 0 fully saturated rings. The van der Waals surface area contributed by atoms with Gasteiger partial charge in [0.15, 0.2) is 0 Å². The average molecular weight is 336 g/mol. The molecule has 2 unspecified atom stereocenters. The van der Waals surface area contributed by atoms with Crippen LogP contribution in [0.5, 0.6) is 0 Å². The van der Waals surface area contributed by atoms with Crippen molar-refractivity contribution in [1.82, 2.24) is 10.4 Å². The van der Waals surface area contributed by atoms with Crippen LogP contribution in [-0.2, 0) is 20.8 Å². The Hall–Kier alpha value is -2.41. The molecule has 1 aromatic rings. The maximum atomic E-state index is 12.4. The van der Waals surface area contributed by atoms with E-state index in [0.29, 0.717) is 11.5 Å². The number of nitrogens with one attached hydrogen (secondary N) is 1. The molecule has 2 atom stereocenters. The summed E-state index contributed by atoms with van der Waals surface area (Å²) in [6.07, 6.45) is 2.44. The number of benzene rings is 1. The van der Waals surface area contributed by atoms with Gasteiger partial charge in [0.25, 0.3) is 0 Å². The van der Waals surface area contributed by atoms with Gasteiger partial charge in [-0.05, 0) is 12.0 Å². The highest BCUT2D eigenvalue weighted by molar-refractivity contribution is 5.85. The molecule has 7 heteroatoms. The Labute approximate surface area is 141 Å². The van der Waals surface area contributed by atoms with E-state index in [-0.39, 0.29) is 19.4 Å². The molecule has 1 rings (SSSR count). The highest BCUT2D eigenvalue weighted by atomic mass is 16.5. The number of amides is 2. The van der Waals surface area contributed by atoms with Crippen LogP contribution in [0, 0.1) is 5.92 Å². The molecular weight excluding hydrogens is 312 g/mol. The molecule has 2 amide bonds. The standard InChI is InChI=1S/C17H24N2O5/c1-2-3-9-14(11-19(24)12-20)16(21)18-15(17(22)23)10-13-7-5-4-6-8-13/h4-8,12,14-15,24H,2-3,9-11H2,1H3,(H,18,21)(H,22,23). The van der Waals surface area contributed by atoms with Crippen molar-refractivity contribution >= 4 is 18.3 Å². The zero-order valence-electron chi connectivity index (χ0n) is 13.7. The molecule has 0 aliphatic heterocycles. The molecule has 0 radical (unpaired) electrons. The maximum absolute atomic E-state index is 12.4. The lowest BCUT2D eigenvalue weighted by Crippen LogP contribution is -2.47. The number of nitrogens with zero attached hydrogens (tertiary/aromatic N) is 1. The number of rotatable bonds is 11. The highest BCUT2D eigenvalue weighted by Crippen LogP contribution is 2.11. The van der Waals surface area contributed by atoms with Crippen LogP contribution in [0.25, 0.3) is 0 Å². The fraction of sp³-hybridized carbons (Fsp3) is 0.471. The third kappa shape index (κ3) is 6.78. The number of hydrogen-bond acceptors (Lipinski definition) is 4. The first-order chi connectivity index (χ1) is 11.5. The fourth-order valence-corrected chi connectivity index (χ4v) is 2.36. The van der Waals surface area contributed by atoms with Crippen molar-refractivity contribution in [3.8, 4) is 0 Å². The highest BCUT2D eigenvalue weighted by Gasteiger charge is 2.26. The molecule has 0 heterocycles. The van der Waals surface area contributed by atoms with Crippen LogP contribution in [0.15, 0.2) is 30.3 Å². The average Bonchev–Trinajstić information content (AvgIpc) is 2.58. The number of carboxylic acids is 1. The minimum Gasteiger partial charge on any atom is -0.480 e. The SMILES string of the molecule is CCCCC(CN(O)C=O)C(=O)NC(Cc1ccccc1)C(=O)O. The van der Waals surface area contributed by atoms with Gasteiger partial charge in [-0.3, -0.25) is 14.8 Å². The van der Waals surface area contributed by atoms with E-state index >= 15 is 0 Å². The van der Waals surface area contributed by atoms with Crippen LogP contribution in [0.3, 0.4) is 0 Å². The van der Waals surface area contributed by atoms with E-state index in [9.17, 15) is 24.7 Å². The topological polar surface area (TPSA) is 107 Å². The quantitative estimate of drug-likeness (QED) is 0.322. The molecule has 0 aliphatic carbocycles. The second-order valence-corrected chi connectivity index (χ2v) is 5.66. The summed E-state index contributed by atoms with van der Waals surface area (Å²) in [5.41, 5.74) is 0.798. The van der Waals surface area contributed by atoms with Crippen LogP contribution in [-0.4, -0.2) is 46.3 Å². The Balaban J connectivity index is 2.75. The van der Waals surface area contributed by atoms with E-state index in [1.807, 2.05) is 13.0 Å². The summed E-state index contributed by atoms with van der Waals surface area (Å²) in [5, 5.41) is 21.6. The molecule has 0 saturated heterocycles. The number of carbonyl (C=O) groups excluding carboxylic acids is 2. The van der Waals surface area contributed by atoms with Gasteiger partial charge in [0.1, 0.15) is 6.04 Å². The molecule has 24 heavy (non-hydrogen) atoms. The summed E-state index contributed by atoms with van der Waals surface area (Å²) >= 11 is 0. The molecule has 7 nitrogen and oxygen atoms in total. The van der Waals surface area contributed by atoms with Crippen LogP contribution in [0.4, 0.5) is 0 Å². The van der Waals surface area contributed by atoms with Gasteiger partial charge in [-0.15, -0.1) is 0 Å². The summed E-state index contributed by atoms with van der Waals surface area (Å²) in [7, 11) is 0. The normalized spacial score (nSPS) is 12.9. The van der Waals surface area contributed by atoms with Crippen LogP contribution >= 0.6 is 0 Å². The lowest BCUT2D eigenvalue weighted by atomic mass is 9.99. The van der Waals surface area contributed by atoms with Gasteiger partial charge >= 0.3 is 5.97 Å². The zero-order valence-corrected chi connectivity index (χ0v) is 13.7. The first kappa shape index (κ1) is 19.6. The van der Waals surface area contributed by atoms with Gasteiger partial charge in [0.05, 0.1) is 12.5 Å². The van der Waals surface area contributed by atoms with Crippen LogP contribution in [0.1, 0.15) is 31.7 Å². The molecule has 132 valence electrons. The number of hydrogen-bond donors (Lipinski definition) is 3. The summed E-state index contributed by atoms with van der Waals surface area (Å²) in [6.45, 7) is 1.80. The molecule has 0 spiro atoms. The second kappa shape index (κ2) is 10.4. The van der Waals surface area contributed by atoms with Crippen molar-refractivity contribution in [2.24, 2.45) is 5.92 Å². The number of carbonyl (C=O) groups is 3. The van der Waals surface area contributed by atoms with Crippen molar-refractivity contribution in [3.63, 3.8) is 0 Å². The third-order valence-corrected chi connectivity index (χ3v) is 3.70. The summed E-state index contributed by atoms with van der Waals surface area (Å²) < 4.78 is 0. The smallest absolute Gasteiger partial charge is 0.326 e. The van der Waals surface area contributed by atoms with Crippen molar-refractivity contribution in [3.05, 3.63) is 35.9 Å². The van der Waals surface area contributed by atoms with Gasteiger partial charge in [-0.2, -0.15) is 0 Å². The van der Waals surface area contributed by atoms with Crippen LogP contribution in [0.2, 0.25) is 0 Å². The Bertz CT molecular complexity index is 535. The van der Waals surface area contributed by atoms with E-state index in [0.717, 1.165) is 18.4 Å². The van der Waals surface area contributed by atoms with E-state index < -0.39 is 23.8 Å². The molecule has 1 aromatic carbocycles. The molecule has 3 N–H and O–H groups in total. The maximum Gasteiger partial charge on any atom is 0.326 e. The Kier molecular flexibility index (Phi) is 8.49. The second-order valence-electron chi connectivity index (χ2n) is 5.66. The predicted molar refractivity (Wildman–Crippen MR) is 87.3 cm³/mol. The molecule has 0 bridgehead atoms. The first-order valence-electron chi connectivity index (χ1n) is 7.95. The van der Waals surface area contributed by atoms with E-state index in [4.69, 9.17) is 0 Å².